The first-order valence-electron chi connectivity index (χ1n) is 8.54. The van der Waals surface area contributed by atoms with Crippen molar-refractivity contribution < 1.29 is 4.74 Å². The van der Waals surface area contributed by atoms with Crippen LogP contribution in [-0.4, -0.2) is 37.4 Å². The van der Waals surface area contributed by atoms with Crippen LogP contribution in [-0.2, 0) is 4.74 Å². The Labute approximate surface area is 125 Å². The van der Waals surface area contributed by atoms with Gasteiger partial charge in [0, 0.05) is 25.7 Å². The first kappa shape index (κ1) is 16.3. The van der Waals surface area contributed by atoms with E-state index in [9.17, 15) is 0 Å². The molecule has 2 fully saturated rings. The van der Waals surface area contributed by atoms with Crippen molar-refractivity contribution in [3.63, 3.8) is 0 Å². The second-order valence-corrected chi connectivity index (χ2v) is 7.82. The lowest BCUT2D eigenvalue weighted by atomic mass is 9.73. The number of hydrogen-bond donors (Lipinski definition) is 1. The molecule has 1 saturated heterocycles. The van der Waals surface area contributed by atoms with Gasteiger partial charge in [0.25, 0.3) is 0 Å². The van der Waals surface area contributed by atoms with Gasteiger partial charge in [-0.15, -0.1) is 0 Å². The average Bonchev–Trinajstić information content (AvgIpc) is 2.83. The topological polar surface area (TPSA) is 24.5 Å². The van der Waals surface area contributed by atoms with Gasteiger partial charge < -0.3 is 4.74 Å². The van der Waals surface area contributed by atoms with E-state index in [-0.39, 0.29) is 0 Å². The molecule has 0 aromatic carbocycles. The number of hydrogen-bond acceptors (Lipinski definition) is 3. The van der Waals surface area contributed by atoms with Crippen molar-refractivity contribution in [2.75, 3.05) is 20.3 Å². The van der Waals surface area contributed by atoms with Crippen LogP contribution in [0.15, 0.2) is 0 Å². The third-order valence-electron chi connectivity index (χ3n) is 5.10. The molecule has 3 heteroatoms. The van der Waals surface area contributed by atoms with Crippen molar-refractivity contribution in [2.45, 2.75) is 77.8 Å². The smallest absolute Gasteiger partial charge is 0.0632 e. The van der Waals surface area contributed by atoms with Crippen LogP contribution < -0.4 is 5.43 Å². The van der Waals surface area contributed by atoms with Gasteiger partial charge in [-0.3, -0.25) is 5.43 Å². The van der Waals surface area contributed by atoms with Crippen molar-refractivity contribution in [2.24, 2.45) is 11.3 Å². The predicted molar refractivity (Wildman–Crippen MR) is 84.6 cm³/mol. The highest BCUT2D eigenvalue weighted by Gasteiger charge is 2.36. The maximum absolute atomic E-state index is 5.39. The molecule has 2 rings (SSSR count). The molecule has 0 aromatic rings. The van der Waals surface area contributed by atoms with Crippen LogP contribution in [0.3, 0.4) is 0 Å². The Morgan fingerprint density at radius 1 is 1.10 bits per heavy atom. The molecule has 118 valence electrons. The number of nitrogens with one attached hydrogen (secondary N) is 1. The van der Waals surface area contributed by atoms with Crippen LogP contribution in [0.5, 0.6) is 0 Å². The van der Waals surface area contributed by atoms with Gasteiger partial charge in [0.2, 0.25) is 0 Å². The van der Waals surface area contributed by atoms with Crippen molar-refractivity contribution in [3.05, 3.63) is 0 Å². The minimum absolute atomic E-state index is 0.322. The van der Waals surface area contributed by atoms with E-state index in [0.29, 0.717) is 17.5 Å². The summed E-state index contributed by atoms with van der Waals surface area (Å²) in [4.78, 5) is 0. The van der Waals surface area contributed by atoms with Crippen molar-refractivity contribution >= 4 is 0 Å². The van der Waals surface area contributed by atoms with Crippen molar-refractivity contribution in [3.8, 4) is 0 Å². The molecular weight excluding hydrogens is 248 g/mol. The number of hydrazine groups is 1. The summed E-state index contributed by atoms with van der Waals surface area (Å²) in [5.74, 6) is 0.840. The number of rotatable bonds is 5. The Kier molecular flexibility index (Phi) is 5.88. The molecular formula is C17H34N2O. The van der Waals surface area contributed by atoms with Gasteiger partial charge in [-0.05, 0) is 37.0 Å². The second-order valence-electron chi connectivity index (χ2n) is 7.82. The fraction of sp³-hybridized carbons (Fsp3) is 1.00. The van der Waals surface area contributed by atoms with E-state index in [1.54, 1.807) is 0 Å². The molecule has 0 bridgehead atoms. The molecule has 2 atom stereocenters. The summed E-state index contributed by atoms with van der Waals surface area (Å²) in [6.07, 6.45) is 9.63. The Morgan fingerprint density at radius 3 is 2.40 bits per heavy atom. The van der Waals surface area contributed by atoms with Crippen LogP contribution in [0, 0.1) is 11.3 Å². The molecule has 3 nitrogen and oxygen atoms in total. The molecule has 0 radical (unpaired) electrons. The van der Waals surface area contributed by atoms with E-state index in [1.165, 1.54) is 51.5 Å². The normalized spacial score (nSPS) is 27.9. The van der Waals surface area contributed by atoms with Gasteiger partial charge in [0.15, 0.2) is 0 Å². The van der Waals surface area contributed by atoms with Gasteiger partial charge in [0.1, 0.15) is 0 Å². The van der Waals surface area contributed by atoms with Crippen LogP contribution in [0.1, 0.15) is 65.7 Å². The average molecular weight is 282 g/mol. The lowest BCUT2D eigenvalue weighted by molar-refractivity contribution is 0.0244. The highest BCUT2D eigenvalue weighted by Crippen LogP contribution is 2.35. The minimum Gasteiger partial charge on any atom is -0.383 e. The van der Waals surface area contributed by atoms with Gasteiger partial charge in [-0.2, -0.15) is 0 Å². The summed E-state index contributed by atoms with van der Waals surface area (Å²) >= 11 is 0. The molecule has 1 aliphatic heterocycles. The molecule has 1 heterocycles. The van der Waals surface area contributed by atoms with Gasteiger partial charge in [0.05, 0.1) is 6.61 Å². The van der Waals surface area contributed by atoms with E-state index in [2.05, 4.69) is 31.2 Å². The summed E-state index contributed by atoms with van der Waals surface area (Å²) in [6.45, 7) is 9.20. The quantitative estimate of drug-likeness (QED) is 0.834. The van der Waals surface area contributed by atoms with E-state index < -0.39 is 0 Å². The van der Waals surface area contributed by atoms with Crippen molar-refractivity contribution in [1.82, 2.24) is 10.4 Å². The van der Waals surface area contributed by atoms with E-state index >= 15 is 0 Å². The Bertz CT molecular complexity index is 281. The van der Waals surface area contributed by atoms with Crippen LogP contribution in [0.25, 0.3) is 0 Å². The standard InChI is InChI=1S/C17H34N2O/c1-17(2,3)16(14-9-6-5-7-10-14)18-19-12-8-11-15(19)13-20-4/h14-16,18H,5-13H2,1-4H3/t15-,16+/m0/s1. The minimum atomic E-state index is 0.322. The summed E-state index contributed by atoms with van der Waals surface area (Å²) in [5.41, 5.74) is 4.24. The zero-order chi connectivity index (χ0) is 14.6. The molecule has 0 unspecified atom stereocenters. The molecule has 20 heavy (non-hydrogen) atoms. The highest BCUT2D eigenvalue weighted by molar-refractivity contribution is 4.89. The lowest BCUT2D eigenvalue weighted by Crippen LogP contribution is -2.56. The zero-order valence-corrected chi connectivity index (χ0v) is 14.0. The van der Waals surface area contributed by atoms with Crippen molar-refractivity contribution in [1.29, 1.82) is 0 Å². The lowest BCUT2D eigenvalue weighted by Gasteiger charge is -2.43. The fourth-order valence-electron chi connectivity index (χ4n) is 4.02. The Morgan fingerprint density at radius 2 is 1.80 bits per heavy atom. The molecule has 0 amide bonds. The summed E-state index contributed by atoms with van der Waals surface area (Å²) in [7, 11) is 1.82. The molecule has 0 spiro atoms. The predicted octanol–water partition coefficient (Wildman–Crippen LogP) is 3.60. The zero-order valence-electron chi connectivity index (χ0n) is 14.0. The summed E-state index contributed by atoms with van der Waals surface area (Å²) < 4.78 is 5.39. The monoisotopic (exact) mass is 282 g/mol. The first-order valence-corrected chi connectivity index (χ1v) is 8.54. The largest absolute Gasteiger partial charge is 0.383 e. The molecule has 1 saturated carbocycles. The SMILES string of the molecule is COC[C@@H]1CCCN1N[C@H](C1CCCCC1)C(C)(C)C. The van der Waals surface area contributed by atoms with Gasteiger partial charge >= 0.3 is 0 Å². The maximum atomic E-state index is 5.39. The van der Waals surface area contributed by atoms with E-state index in [1.807, 2.05) is 7.11 Å². The molecule has 0 aromatic heterocycles. The number of ether oxygens (including phenoxy) is 1. The number of methoxy groups -OCH3 is 1. The Balaban J connectivity index is 1.99. The number of nitrogens with zero attached hydrogens (tertiary/aromatic N) is 1. The van der Waals surface area contributed by atoms with E-state index in [0.717, 1.165) is 12.5 Å². The second kappa shape index (κ2) is 7.24. The van der Waals surface area contributed by atoms with Gasteiger partial charge in [-0.25, -0.2) is 5.01 Å². The fourth-order valence-corrected chi connectivity index (χ4v) is 4.02. The maximum Gasteiger partial charge on any atom is 0.0632 e. The Hall–Kier alpha value is -0.120. The summed E-state index contributed by atoms with van der Waals surface area (Å²) in [6, 6.07) is 1.16. The van der Waals surface area contributed by atoms with Crippen LogP contribution >= 0.6 is 0 Å². The molecule has 1 aliphatic carbocycles. The van der Waals surface area contributed by atoms with Crippen LogP contribution in [0.2, 0.25) is 0 Å². The summed E-state index contributed by atoms with van der Waals surface area (Å²) in [5, 5.41) is 2.48. The van der Waals surface area contributed by atoms with E-state index in [4.69, 9.17) is 4.74 Å². The highest BCUT2D eigenvalue weighted by atomic mass is 16.5. The third kappa shape index (κ3) is 4.19. The van der Waals surface area contributed by atoms with Gasteiger partial charge in [-0.1, -0.05) is 40.0 Å². The third-order valence-corrected chi connectivity index (χ3v) is 5.10. The van der Waals surface area contributed by atoms with Crippen LogP contribution in [0.4, 0.5) is 0 Å². The molecule has 2 aliphatic rings. The molecule has 1 N–H and O–H groups in total. The first-order chi connectivity index (χ1) is 9.52.